The summed E-state index contributed by atoms with van der Waals surface area (Å²) in [6.07, 6.45) is 1.93. The van der Waals surface area contributed by atoms with Crippen LogP contribution in [0.3, 0.4) is 0 Å². The van der Waals surface area contributed by atoms with Crippen LogP contribution in [-0.4, -0.2) is 9.97 Å². The lowest BCUT2D eigenvalue weighted by atomic mass is 10.2. The third kappa shape index (κ3) is 1.79. The average molecular weight is 230 g/mol. The Kier molecular flexibility index (Phi) is 2.34. The van der Waals surface area contributed by atoms with Gasteiger partial charge in [-0.1, -0.05) is 0 Å². The number of ether oxygens (including phenoxy) is 1. The Hall–Kier alpha value is -1.81. The van der Waals surface area contributed by atoms with Gasteiger partial charge < -0.3 is 9.72 Å². The summed E-state index contributed by atoms with van der Waals surface area (Å²) in [5.41, 5.74) is 3.91. The van der Waals surface area contributed by atoms with E-state index in [0.29, 0.717) is 6.61 Å². The molecule has 0 atom stereocenters. The van der Waals surface area contributed by atoms with Crippen molar-refractivity contribution < 1.29 is 4.74 Å². The van der Waals surface area contributed by atoms with Crippen molar-refractivity contribution >= 4 is 22.2 Å². The molecule has 1 N–H and O–H groups in total. The molecule has 0 aliphatic heterocycles. The SMILES string of the molecule is c1cc2cc(OCc3cscn3)ccc2[nH]1. The van der Waals surface area contributed by atoms with Crippen LogP contribution < -0.4 is 4.74 Å². The number of aromatic amines is 1. The van der Waals surface area contributed by atoms with Gasteiger partial charge in [-0.2, -0.15) is 0 Å². The van der Waals surface area contributed by atoms with E-state index in [1.54, 1.807) is 11.3 Å². The lowest BCUT2D eigenvalue weighted by Crippen LogP contribution is -1.94. The van der Waals surface area contributed by atoms with E-state index in [4.69, 9.17) is 4.74 Å². The standard InChI is InChI=1S/C12H10N2OS/c1-2-12-9(3-4-13-12)5-11(1)15-6-10-7-16-8-14-10/h1-5,7-8,13H,6H2. The maximum atomic E-state index is 5.66. The summed E-state index contributed by atoms with van der Waals surface area (Å²) in [7, 11) is 0. The molecule has 0 amide bonds. The fraction of sp³-hybridized carbons (Fsp3) is 0.0833. The Balaban J connectivity index is 1.78. The van der Waals surface area contributed by atoms with Crippen molar-refractivity contribution in [1.82, 2.24) is 9.97 Å². The van der Waals surface area contributed by atoms with E-state index < -0.39 is 0 Å². The summed E-state index contributed by atoms with van der Waals surface area (Å²) in [5, 5.41) is 3.16. The number of H-pyrrole nitrogens is 1. The molecule has 0 spiro atoms. The van der Waals surface area contributed by atoms with Gasteiger partial charge in [0, 0.05) is 22.5 Å². The van der Waals surface area contributed by atoms with E-state index >= 15 is 0 Å². The molecule has 3 aromatic rings. The van der Waals surface area contributed by atoms with Crippen LogP contribution in [0.1, 0.15) is 5.69 Å². The van der Waals surface area contributed by atoms with Crippen LogP contribution in [0.5, 0.6) is 5.75 Å². The number of benzene rings is 1. The van der Waals surface area contributed by atoms with Crippen molar-refractivity contribution in [3.8, 4) is 5.75 Å². The quantitative estimate of drug-likeness (QED) is 0.750. The zero-order chi connectivity index (χ0) is 10.8. The highest BCUT2D eigenvalue weighted by molar-refractivity contribution is 7.07. The Morgan fingerprint density at radius 3 is 3.19 bits per heavy atom. The third-order valence-corrected chi connectivity index (χ3v) is 3.03. The van der Waals surface area contributed by atoms with Crippen LogP contribution in [0, 0.1) is 0 Å². The summed E-state index contributed by atoms with van der Waals surface area (Å²) in [6, 6.07) is 8.04. The highest BCUT2D eigenvalue weighted by atomic mass is 32.1. The van der Waals surface area contributed by atoms with E-state index in [1.165, 1.54) is 0 Å². The van der Waals surface area contributed by atoms with Crippen molar-refractivity contribution in [3.63, 3.8) is 0 Å². The minimum atomic E-state index is 0.527. The van der Waals surface area contributed by atoms with Crippen LogP contribution in [0.25, 0.3) is 10.9 Å². The Bertz CT molecular complexity index is 586. The molecule has 0 fully saturated rings. The summed E-state index contributed by atoms with van der Waals surface area (Å²) in [6.45, 7) is 0.527. The first-order valence-corrected chi connectivity index (χ1v) is 5.93. The van der Waals surface area contributed by atoms with Crippen LogP contribution in [0.15, 0.2) is 41.4 Å². The first-order valence-electron chi connectivity index (χ1n) is 4.99. The largest absolute Gasteiger partial charge is 0.487 e. The minimum Gasteiger partial charge on any atom is -0.487 e. The first-order chi connectivity index (χ1) is 7.92. The maximum absolute atomic E-state index is 5.66. The number of fused-ring (bicyclic) bond motifs is 1. The molecule has 0 aliphatic rings. The molecule has 16 heavy (non-hydrogen) atoms. The number of nitrogens with one attached hydrogen (secondary N) is 1. The maximum Gasteiger partial charge on any atom is 0.131 e. The molecule has 3 rings (SSSR count). The summed E-state index contributed by atoms with van der Waals surface area (Å²) in [5.74, 6) is 0.875. The summed E-state index contributed by atoms with van der Waals surface area (Å²) < 4.78 is 5.66. The second-order valence-electron chi connectivity index (χ2n) is 3.50. The number of aromatic nitrogens is 2. The average Bonchev–Trinajstić information content (AvgIpc) is 2.97. The number of hydrogen-bond acceptors (Lipinski definition) is 3. The fourth-order valence-corrected chi connectivity index (χ4v) is 2.13. The number of thiazole rings is 1. The molecule has 2 heterocycles. The topological polar surface area (TPSA) is 37.9 Å². The molecule has 0 bridgehead atoms. The minimum absolute atomic E-state index is 0.527. The van der Waals surface area contributed by atoms with Gasteiger partial charge in [0.2, 0.25) is 0 Å². The Morgan fingerprint density at radius 2 is 2.31 bits per heavy atom. The highest BCUT2D eigenvalue weighted by Crippen LogP contribution is 2.20. The summed E-state index contributed by atoms with van der Waals surface area (Å²) in [4.78, 5) is 7.32. The van der Waals surface area contributed by atoms with Crippen LogP contribution in [0.4, 0.5) is 0 Å². The van der Waals surface area contributed by atoms with Crippen LogP contribution >= 0.6 is 11.3 Å². The van der Waals surface area contributed by atoms with E-state index in [-0.39, 0.29) is 0 Å². The molecule has 80 valence electrons. The molecule has 0 aliphatic carbocycles. The molecule has 0 saturated heterocycles. The van der Waals surface area contributed by atoms with Crippen LogP contribution in [-0.2, 0) is 6.61 Å². The lowest BCUT2D eigenvalue weighted by molar-refractivity contribution is 0.302. The molecule has 0 unspecified atom stereocenters. The molecular weight excluding hydrogens is 220 g/mol. The molecule has 1 aromatic carbocycles. The lowest BCUT2D eigenvalue weighted by Gasteiger charge is -2.03. The molecule has 0 saturated carbocycles. The van der Waals surface area contributed by atoms with Gasteiger partial charge in [0.15, 0.2) is 0 Å². The molecule has 0 radical (unpaired) electrons. The van der Waals surface area contributed by atoms with Gasteiger partial charge in [-0.3, -0.25) is 0 Å². The molecule has 4 heteroatoms. The predicted octanol–water partition coefficient (Wildman–Crippen LogP) is 3.20. The van der Waals surface area contributed by atoms with E-state index in [0.717, 1.165) is 22.3 Å². The normalized spacial score (nSPS) is 10.8. The Labute approximate surface area is 96.7 Å². The van der Waals surface area contributed by atoms with Gasteiger partial charge in [0.1, 0.15) is 12.4 Å². The van der Waals surface area contributed by atoms with E-state index in [1.807, 2.05) is 41.4 Å². The van der Waals surface area contributed by atoms with Crippen molar-refractivity contribution in [2.24, 2.45) is 0 Å². The van der Waals surface area contributed by atoms with E-state index in [2.05, 4.69) is 9.97 Å². The van der Waals surface area contributed by atoms with Crippen LogP contribution in [0.2, 0.25) is 0 Å². The van der Waals surface area contributed by atoms with Gasteiger partial charge in [-0.05, 0) is 24.3 Å². The van der Waals surface area contributed by atoms with Gasteiger partial charge in [-0.15, -0.1) is 11.3 Å². The zero-order valence-electron chi connectivity index (χ0n) is 8.51. The highest BCUT2D eigenvalue weighted by Gasteiger charge is 1.99. The molecule has 3 nitrogen and oxygen atoms in total. The number of hydrogen-bond donors (Lipinski definition) is 1. The first kappa shape index (κ1) is 9.42. The molecular formula is C12H10N2OS. The predicted molar refractivity (Wildman–Crippen MR) is 64.7 cm³/mol. The smallest absolute Gasteiger partial charge is 0.131 e. The fourth-order valence-electron chi connectivity index (χ4n) is 1.59. The third-order valence-electron chi connectivity index (χ3n) is 2.39. The van der Waals surface area contributed by atoms with Gasteiger partial charge in [0.25, 0.3) is 0 Å². The number of nitrogens with zero attached hydrogens (tertiary/aromatic N) is 1. The second kappa shape index (κ2) is 3.98. The van der Waals surface area contributed by atoms with Gasteiger partial charge >= 0.3 is 0 Å². The monoisotopic (exact) mass is 230 g/mol. The van der Waals surface area contributed by atoms with Crippen molar-refractivity contribution in [3.05, 3.63) is 47.0 Å². The van der Waals surface area contributed by atoms with Crippen molar-refractivity contribution in [1.29, 1.82) is 0 Å². The summed E-state index contributed by atoms with van der Waals surface area (Å²) >= 11 is 1.58. The van der Waals surface area contributed by atoms with Gasteiger partial charge in [-0.25, -0.2) is 4.98 Å². The van der Waals surface area contributed by atoms with E-state index in [9.17, 15) is 0 Å². The van der Waals surface area contributed by atoms with Gasteiger partial charge in [0.05, 0.1) is 11.2 Å². The Morgan fingerprint density at radius 1 is 1.31 bits per heavy atom. The number of rotatable bonds is 3. The molecule has 2 aromatic heterocycles. The van der Waals surface area contributed by atoms with Crippen molar-refractivity contribution in [2.45, 2.75) is 6.61 Å². The second-order valence-corrected chi connectivity index (χ2v) is 4.21. The zero-order valence-corrected chi connectivity index (χ0v) is 9.33. The van der Waals surface area contributed by atoms with Crippen molar-refractivity contribution in [2.75, 3.05) is 0 Å².